The van der Waals surface area contributed by atoms with Crippen LogP contribution >= 0.6 is 11.6 Å². The summed E-state index contributed by atoms with van der Waals surface area (Å²) in [6.45, 7) is 0. The van der Waals surface area contributed by atoms with Gasteiger partial charge in [-0.1, -0.05) is 11.6 Å². The van der Waals surface area contributed by atoms with Crippen molar-refractivity contribution in [2.75, 3.05) is 10.0 Å². The van der Waals surface area contributed by atoms with E-state index < -0.39 is 21.7 Å². The summed E-state index contributed by atoms with van der Waals surface area (Å²) in [5.74, 6) is -1.11. The third kappa shape index (κ3) is 3.82. The van der Waals surface area contributed by atoms with Gasteiger partial charge < -0.3 is 5.32 Å². The predicted octanol–water partition coefficient (Wildman–Crippen LogP) is 3.03. The summed E-state index contributed by atoms with van der Waals surface area (Å²) in [5, 5.41) is 2.05. The highest BCUT2D eigenvalue weighted by Gasteiger charge is 2.35. The van der Waals surface area contributed by atoms with Crippen molar-refractivity contribution in [3.05, 3.63) is 53.1 Å². The molecule has 0 unspecified atom stereocenters. The largest absolute Gasteiger partial charge is 0.322 e. The standard InChI is InChI=1S/C15H13ClFN3O3S/c16-13-6-10(1-4-14(13)17)19-15(21)9-5-11(8-18-7-9)20-24(22,23)12-2-3-12/h1,4-8,12,20H,2-3H2,(H,19,21). The molecule has 0 atom stereocenters. The Labute approximate surface area is 143 Å². The summed E-state index contributed by atoms with van der Waals surface area (Å²) >= 11 is 5.66. The van der Waals surface area contributed by atoms with Gasteiger partial charge in [-0.15, -0.1) is 0 Å². The van der Waals surface area contributed by atoms with E-state index in [1.54, 1.807) is 0 Å². The van der Waals surface area contributed by atoms with E-state index in [1.807, 2.05) is 0 Å². The molecule has 1 aromatic carbocycles. The Balaban J connectivity index is 1.75. The summed E-state index contributed by atoms with van der Waals surface area (Å²) < 4.78 is 39.4. The number of carbonyl (C=O) groups excluding carboxylic acids is 1. The lowest BCUT2D eigenvalue weighted by Crippen LogP contribution is -2.18. The molecule has 0 spiro atoms. The fourth-order valence-electron chi connectivity index (χ4n) is 2.02. The number of pyridine rings is 1. The third-order valence-corrected chi connectivity index (χ3v) is 5.56. The highest BCUT2D eigenvalue weighted by atomic mass is 35.5. The van der Waals surface area contributed by atoms with E-state index in [0.29, 0.717) is 18.5 Å². The van der Waals surface area contributed by atoms with Gasteiger partial charge in [-0.05, 0) is 37.1 Å². The summed E-state index contributed by atoms with van der Waals surface area (Å²) in [6.07, 6.45) is 3.89. The maximum absolute atomic E-state index is 13.1. The van der Waals surface area contributed by atoms with Crippen LogP contribution in [-0.2, 0) is 10.0 Å². The molecule has 6 nitrogen and oxygen atoms in total. The van der Waals surface area contributed by atoms with Crippen molar-refractivity contribution in [3.8, 4) is 0 Å². The quantitative estimate of drug-likeness (QED) is 0.847. The molecule has 0 radical (unpaired) electrons. The van der Waals surface area contributed by atoms with Crippen LogP contribution in [0.2, 0.25) is 5.02 Å². The molecule has 1 heterocycles. The van der Waals surface area contributed by atoms with E-state index in [4.69, 9.17) is 11.6 Å². The fraction of sp³-hybridized carbons (Fsp3) is 0.200. The monoisotopic (exact) mass is 369 g/mol. The molecule has 1 aliphatic rings. The van der Waals surface area contributed by atoms with Crippen LogP contribution < -0.4 is 10.0 Å². The number of hydrogen-bond acceptors (Lipinski definition) is 4. The van der Waals surface area contributed by atoms with Gasteiger partial charge in [-0.2, -0.15) is 0 Å². The molecule has 3 rings (SSSR count). The lowest BCUT2D eigenvalue weighted by molar-refractivity contribution is 0.102. The fourth-order valence-corrected chi connectivity index (χ4v) is 3.57. The average Bonchev–Trinajstić information content (AvgIpc) is 3.36. The number of sulfonamides is 1. The summed E-state index contributed by atoms with van der Waals surface area (Å²) in [7, 11) is -3.43. The number of rotatable bonds is 5. The molecule has 9 heteroatoms. The molecule has 1 aliphatic carbocycles. The zero-order valence-corrected chi connectivity index (χ0v) is 13.9. The molecule has 1 fully saturated rings. The number of carbonyl (C=O) groups is 1. The molecule has 2 N–H and O–H groups in total. The van der Waals surface area contributed by atoms with Gasteiger partial charge in [0.25, 0.3) is 5.91 Å². The van der Waals surface area contributed by atoms with Crippen LogP contribution in [0.25, 0.3) is 0 Å². The molecule has 0 saturated heterocycles. The van der Waals surface area contributed by atoms with Gasteiger partial charge in [0.2, 0.25) is 10.0 Å². The minimum absolute atomic E-state index is 0.114. The SMILES string of the molecule is O=C(Nc1ccc(F)c(Cl)c1)c1cncc(NS(=O)(=O)C2CC2)c1. The van der Waals surface area contributed by atoms with Crippen molar-refractivity contribution in [1.29, 1.82) is 0 Å². The molecule has 0 aliphatic heterocycles. The molecule has 0 bridgehead atoms. The summed E-state index contributed by atoms with van der Waals surface area (Å²) in [5.41, 5.74) is 0.688. The van der Waals surface area contributed by atoms with Gasteiger partial charge in [0.1, 0.15) is 5.82 Å². The van der Waals surface area contributed by atoms with Crippen LogP contribution in [0.15, 0.2) is 36.7 Å². The Hall–Kier alpha value is -2.19. The molecular formula is C15H13ClFN3O3S. The van der Waals surface area contributed by atoms with E-state index in [1.165, 1.54) is 30.6 Å². The van der Waals surface area contributed by atoms with Gasteiger partial charge in [-0.3, -0.25) is 14.5 Å². The van der Waals surface area contributed by atoms with Crippen molar-refractivity contribution >= 4 is 38.9 Å². The first-order valence-corrected chi connectivity index (χ1v) is 9.01. The Bertz CT molecular complexity index is 901. The molecule has 1 saturated carbocycles. The van der Waals surface area contributed by atoms with Crippen LogP contribution in [0.3, 0.4) is 0 Å². The smallest absolute Gasteiger partial charge is 0.257 e. The van der Waals surface area contributed by atoms with Gasteiger partial charge in [0, 0.05) is 11.9 Å². The van der Waals surface area contributed by atoms with Crippen molar-refractivity contribution in [3.63, 3.8) is 0 Å². The first kappa shape index (κ1) is 16.7. The average molecular weight is 370 g/mol. The number of aromatic nitrogens is 1. The van der Waals surface area contributed by atoms with Crippen LogP contribution in [-0.4, -0.2) is 24.6 Å². The van der Waals surface area contributed by atoms with Crippen molar-refractivity contribution < 1.29 is 17.6 Å². The lowest BCUT2D eigenvalue weighted by atomic mass is 10.2. The second-order valence-electron chi connectivity index (χ2n) is 5.39. The zero-order valence-electron chi connectivity index (χ0n) is 12.3. The van der Waals surface area contributed by atoms with Crippen molar-refractivity contribution in [1.82, 2.24) is 4.98 Å². The molecule has 24 heavy (non-hydrogen) atoms. The molecule has 2 aromatic rings. The van der Waals surface area contributed by atoms with E-state index in [-0.39, 0.29) is 21.5 Å². The second kappa shape index (κ2) is 6.37. The molecular weight excluding hydrogens is 357 g/mol. The van der Waals surface area contributed by atoms with Crippen LogP contribution in [0.4, 0.5) is 15.8 Å². The number of nitrogens with one attached hydrogen (secondary N) is 2. The van der Waals surface area contributed by atoms with E-state index in [9.17, 15) is 17.6 Å². The minimum atomic E-state index is -3.43. The Morgan fingerprint density at radius 1 is 1.21 bits per heavy atom. The highest BCUT2D eigenvalue weighted by molar-refractivity contribution is 7.93. The first-order chi connectivity index (χ1) is 11.3. The van der Waals surface area contributed by atoms with Gasteiger partial charge in [-0.25, -0.2) is 12.8 Å². The minimum Gasteiger partial charge on any atom is -0.322 e. The van der Waals surface area contributed by atoms with Crippen molar-refractivity contribution in [2.45, 2.75) is 18.1 Å². The van der Waals surface area contributed by atoms with E-state index in [0.717, 1.165) is 6.07 Å². The molecule has 1 amide bonds. The Morgan fingerprint density at radius 3 is 2.62 bits per heavy atom. The third-order valence-electron chi connectivity index (χ3n) is 3.40. The zero-order chi connectivity index (χ0) is 17.3. The normalized spacial score (nSPS) is 14.2. The molecule has 1 aromatic heterocycles. The second-order valence-corrected chi connectivity index (χ2v) is 7.76. The van der Waals surface area contributed by atoms with Gasteiger partial charge in [0.15, 0.2) is 0 Å². The maximum atomic E-state index is 13.1. The first-order valence-electron chi connectivity index (χ1n) is 7.08. The topological polar surface area (TPSA) is 88.2 Å². The van der Waals surface area contributed by atoms with Crippen molar-refractivity contribution in [2.24, 2.45) is 0 Å². The van der Waals surface area contributed by atoms with E-state index >= 15 is 0 Å². The van der Waals surface area contributed by atoms with Crippen LogP contribution in [0.1, 0.15) is 23.2 Å². The van der Waals surface area contributed by atoms with Gasteiger partial charge >= 0.3 is 0 Å². The predicted molar refractivity (Wildman–Crippen MR) is 89.2 cm³/mol. The Morgan fingerprint density at radius 2 is 1.96 bits per heavy atom. The Kier molecular flexibility index (Phi) is 4.42. The highest BCUT2D eigenvalue weighted by Crippen LogP contribution is 2.29. The van der Waals surface area contributed by atoms with Crippen LogP contribution in [0.5, 0.6) is 0 Å². The summed E-state index contributed by atoms with van der Waals surface area (Å²) in [6, 6.07) is 5.16. The van der Waals surface area contributed by atoms with E-state index in [2.05, 4.69) is 15.0 Å². The number of benzene rings is 1. The number of amides is 1. The number of anilines is 2. The lowest BCUT2D eigenvalue weighted by Gasteiger charge is -2.09. The number of halogens is 2. The number of nitrogens with zero attached hydrogens (tertiary/aromatic N) is 1. The van der Waals surface area contributed by atoms with Gasteiger partial charge in [0.05, 0.1) is 27.7 Å². The van der Waals surface area contributed by atoms with Crippen LogP contribution in [0, 0.1) is 5.82 Å². The molecule has 126 valence electrons. The maximum Gasteiger partial charge on any atom is 0.257 e. The summed E-state index contributed by atoms with van der Waals surface area (Å²) in [4.78, 5) is 16.1. The number of hydrogen-bond donors (Lipinski definition) is 2.